The lowest BCUT2D eigenvalue weighted by Crippen LogP contribution is -2.13. The van der Waals surface area contributed by atoms with Crippen molar-refractivity contribution in [2.75, 3.05) is 10.6 Å². The van der Waals surface area contributed by atoms with Gasteiger partial charge in [-0.3, -0.25) is 4.79 Å². The maximum Gasteiger partial charge on any atom is 0.224 e. The number of hydrogen-bond donors (Lipinski definition) is 2. The number of aromatic nitrogens is 1. The van der Waals surface area contributed by atoms with Crippen molar-refractivity contribution >= 4 is 23.1 Å². The third kappa shape index (κ3) is 4.60. The van der Waals surface area contributed by atoms with Crippen LogP contribution in [-0.2, 0) is 4.79 Å². The van der Waals surface area contributed by atoms with Crippen molar-refractivity contribution in [2.24, 2.45) is 5.92 Å². The number of rotatable bonds is 5. The Bertz CT molecular complexity index is 669. The first-order valence-electron chi connectivity index (χ1n) is 7.10. The van der Waals surface area contributed by atoms with Gasteiger partial charge in [-0.1, -0.05) is 13.8 Å². The van der Waals surface area contributed by atoms with E-state index in [9.17, 15) is 4.79 Å². The molecule has 1 aromatic heterocycles. The maximum absolute atomic E-state index is 11.7. The van der Waals surface area contributed by atoms with Gasteiger partial charge < -0.3 is 10.6 Å². The van der Waals surface area contributed by atoms with Crippen LogP contribution in [0, 0.1) is 17.2 Å². The molecule has 0 aliphatic heterocycles. The monoisotopic (exact) mass is 294 g/mol. The number of carbonyl (C=O) groups excluding carboxylic acids is 1. The van der Waals surface area contributed by atoms with E-state index in [1.807, 2.05) is 26.0 Å². The molecule has 22 heavy (non-hydrogen) atoms. The Balaban J connectivity index is 1.96. The van der Waals surface area contributed by atoms with Crippen molar-refractivity contribution in [3.8, 4) is 6.07 Å². The Labute approximate surface area is 130 Å². The average Bonchev–Trinajstić information content (AvgIpc) is 2.49. The second kappa shape index (κ2) is 7.23. The Kier molecular flexibility index (Phi) is 5.10. The van der Waals surface area contributed by atoms with E-state index in [1.165, 1.54) is 0 Å². The van der Waals surface area contributed by atoms with Gasteiger partial charge in [-0.25, -0.2) is 4.98 Å². The molecule has 5 nitrogen and oxygen atoms in total. The number of nitriles is 1. The fourth-order valence-corrected chi connectivity index (χ4v) is 1.90. The zero-order valence-corrected chi connectivity index (χ0v) is 12.6. The van der Waals surface area contributed by atoms with Gasteiger partial charge in [0.1, 0.15) is 5.82 Å². The van der Waals surface area contributed by atoms with Crippen molar-refractivity contribution in [1.82, 2.24) is 4.98 Å². The minimum absolute atomic E-state index is 0.00963. The highest BCUT2D eigenvalue weighted by Gasteiger charge is 2.05. The van der Waals surface area contributed by atoms with Crippen LogP contribution in [0.4, 0.5) is 17.2 Å². The molecular weight excluding hydrogens is 276 g/mol. The van der Waals surface area contributed by atoms with E-state index < -0.39 is 0 Å². The van der Waals surface area contributed by atoms with Gasteiger partial charge in [-0.2, -0.15) is 5.26 Å². The maximum atomic E-state index is 11.7. The van der Waals surface area contributed by atoms with E-state index in [0.717, 1.165) is 5.69 Å². The highest BCUT2D eigenvalue weighted by molar-refractivity contribution is 5.90. The molecule has 0 aliphatic carbocycles. The molecule has 112 valence electrons. The third-order valence-electron chi connectivity index (χ3n) is 2.93. The van der Waals surface area contributed by atoms with E-state index in [4.69, 9.17) is 5.26 Å². The van der Waals surface area contributed by atoms with Gasteiger partial charge in [-0.15, -0.1) is 0 Å². The highest BCUT2D eigenvalue weighted by Crippen LogP contribution is 2.17. The topological polar surface area (TPSA) is 77.8 Å². The molecular formula is C17H18N4O. The molecule has 2 rings (SSSR count). The van der Waals surface area contributed by atoms with E-state index in [0.29, 0.717) is 29.4 Å². The molecule has 0 saturated carbocycles. The zero-order chi connectivity index (χ0) is 15.9. The number of benzene rings is 1. The number of anilines is 3. The SMILES string of the molecule is CC(C)CC(=O)Nc1ccc(Nc2ccc(C#N)cc2)nc1. The quantitative estimate of drug-likeness (QED) is 0.881. The van der Waals surface area contributed by atoms with Crippen LogP contribution in [0.25, 0.3) is 0 Å². The van der Waals surface area contributed by atoms with Crippen LogP contribution in [-0.4, -0.2) is 10.9 Å². The molecule has 1 amide bonds. The van der Waals surface area contributed by atoms with Gasteiger partial charge >= 0.3 is 0 Å². The summed E-state index contributed by atoms with van der Waals surface area (Å²) in [5, 5.41) is 14.7. The summed E-state index contributed by atoms with van der Waals surface area (Å²) in [5.41, 5.74) is 2.14. The first kappa shape index (κ1) is 15.5. The van der Waals surface area contributed by atoms with Gasteiger partial charge in [0.25, 0.3) is 0 Å². The predicted molar refractivity (Wildman–Crippen MR) is 86.8 cm³/mol. The fourth-order valence-electron chi connectivity index (χ4n) is 1.90. The molecule has 0 unspecified atom stereocenters. The molecule has 2 N–H and O–H groups in total. The Morgan fingerprint density at radius 3 is 2.41 bits per heavy atom. The molecule has 1 aromatic carbocycles. The minimum atomic E-state index is -0.00963. The molecule has 2 aromatic rings. The Morgan fingerprint density at radius 1 is 1.18 bits per heavy atom. The molecule has 1 heterocycles. The second-order valence-electron chi connectivity index (χ2n) is 5.39. The molecule has 0 aliphatic rings. The van der Waals surface area contributed by atoms with Crippen molar-refractivity contribution in [2.45, 2.75) is 20.3 Å². The van der Waals surface area contributed by atoms with Crippen molar-refractivity contribution in [3.63, 3.8) is 0 Å². The van der Waals surface area contributed by atoms with Crippen LogP contribution in [0.1, 0.15) is 25.8 Å². The minimum Gasteiger partial charge on any atom is -0.340 e. The molecule has 0 saturated heterocycles. The van der Waals surface area contributed by atoms with Crippen LogP contribution in [0.3, 0.4) is 0 Å². The first-order chi connectivity index (χ1) is 10.6. The van der Waals surface area contributed by atoms with Crippen molar-refractivity contribution in [1.29, 1.82) is 5.26 Å². The number of pyridine rings is 1. The van der Waals surface area contributed by atoms with E-state index in [1.54, 1.807) is 30.5 Å². The van der Waals surface area contributed by atoms with Crippen molar-refractivity contribution in [3.05, 3.63) is 48.2 Å². The smallest absolute Gasteiger partial charge is 0.224 e. The van der Waals surface area contributed by atoms with Gasteiger partial charge in [-0.05, 0) is 42.3 Å². The Morgan fingerprint density at radius 2 is 1.86 bits per heavy atom. The number of amides is 1. The number of carbonyl (C=O) groups is 1. The first-order valence-corrected chi connectivity index (χ1v) is 7.10. The van der Waals surface area contributed by atoms with E-state index in [2.05, 4.69) is 21.7 Å². The zero-order valence-electron chi connectivity index (χ0n) is 12.6. The van der Waals surface area contributed by atoms with Gasteiger partial charge in [0.05, 0.1) is 23.5 Å². The van der Waals surface area contributed by atoms with Crippen LogP contribution < -0.4 is 10.6 Å². The van der Waals surface area contributed by atoms with Crippen LogP contribution >= 0.6 is 0 Å². The second-order valence-corrected chi connectivity index (χ2v) is 5.39. The van der Waals surface area contributed by atoms with E-state index >= 15 is 0 Å². The number of nitrogens with one attached hydrogen (secondary N) is 2. The highest BCUT2D eigenvalue weighted by atomic mass is 16.1. The summed E-state index contributed by atoms with van der Waals surface area (Å²) in [6.07, 6.45) is 2.11. The standard InChI is InChI=1S/C17H18N4O/c1-12(2)9-17(22)21-15-7-8-16(19-11-15)20-14-5-3-13(10-18)4-6-14/h3-8,11-12H,9H2,1-2H3,(H,19,20)(H,21,22). The van der Waals surface area contributed by atoms with Crippen LogP contribution in [0.15, 0.2) is 42.6 Å². The van der Waals surface area contributed by atoms with Crippen LogP contribution in [0.2, 0.25) is 0 Å². The fraction of sp³-hybridized carbons (Fsp3) is 0.235. The lowest BCUT2D eigenvalue weighted by atomic mass is 10.1. The number of hydrogen-bond acceptors (Lipinski definition) is 4. The molecule has 0 atom stereocenters. The summed E-state index contributed by atoms with van der Waals surface area (Å²) in [5.74, 6) is 0.987. The van der Waals surface area contributed by atoms with Gasteiger partial charge in [0.15, 0.2) is 0 Å². The molecule has 0 fully saturated rings. The summed E-state index contributed by atoms with van der Waals surface area (Å²) in [6, 6.07) is 12.8. The lowest BCUT2D eigenvalue weighted by molar-refractivity contribution is -0.116. The molecule has 0 spiro atoms. The summed E-state index contributed by atoms with van der Waals surface area (Å²) >= 11 is 0. The molecule has 0 bridgehead atoms. The largest absolute Gasteiger partial charge is 0.340 e. The van der Waals surface area contributed by atoms with Crippen molar-refractivity contribution < 1.29 is 4.79 Å². The molecule has 0 radical (unpaired) electrons. The predicted octanol–water partition coefficient (Wildman–Crippen LogP) is 3.68. The van der Waals surface area contributed by atoms with E-state index in [-0.39, 0.29) is 5.91 Å². The summed E-state index contributed by atoms with van der Waals surface area (Å²) in [4.78, 5) is 15.9. The number of nitrogens with zero attached hydrogens (tertiary/aromatic N) is 2. The normalized spacial score (nSPS) is 10.1. The third-order valence-corrected chi connectivity index (χ3v) is 2.93. The van der Waals surface area contributed by atoms with Crippen LogP contribution in [0.5, 0.6) is 0 Å². The lowest BCUT2D eigenvalue weighted by Gasteiger charge is -2.09. The molecule has 5 heteroatoms. The summed E-state index contributed by atoms with van der Waals surface area (Å²) < 4.78 is 0. The average molecular weight is 294 g/mol. The van der Waals surface area contributed by atoms with Gasteiger partial charge in [0.2, 0.25) is 5.91 Å². The summed E-state index contributed by atoms with van der Waals surface area (Å²) in [6.45, 7) is 4.00. The Hall–Kier alpha value is -2.87. The van der Waals surface area contributed by atoms with Gasteiger partial charge in [0, 0.05) is 12.1 Å². The summed E-state index contributed by atoms with van der Waals surface area (Å²) in [7, 11) is 0.